The van der Waals surface area contributed by atoms with Crippen molar-refractivity contribution in [2.45, 2.75) is 26.7 Å². The van der Waals surface area contributed by atoms with Gasteiger partial charge in [0.25, 0.3) is 0 Å². The molecule has 1 aromatic heterocycles. The molecule has 1 atom stereocenters. The van der Waals surface area contributed by atoms with Crippen molar-refractivity contribution >= 4 is 5.97 Å². The van der Waals surface area contributed by atoms with E-state index >= 15 is 0 Å². The van der Waals surface area contributed by atoms with Crippen molar-refractivity contribution in [3.63, 3.8) is 0 Å². The van der Waals surface area contributed by atoms with Crippen LogP contribution in [0.1, 0.15) is 31.2 Å². The summed E-state index contributed by atoms with van der Waals surface area (Å²) in [4.78, 5) is 28.3. The van der Waals surface area contributed by atoms with E-state index in [0.717, 1.165) is 0 Å². The number of hydrogen-bond acceptors (Lipinski definition) is 3. The lowest BCUT2D eigenvalue weighted by Gasteiger charge is -2.15. The van der Waals surface area contributed by atoms with Crippen LogP contribution in [0.15, 0.2) is 10.9 Å². The zero-order valence-corrected chi connectivity index (χ0v) is 8.94. The van der Waals surface area contributed by atoms with Gasteiger partial charge >= 0.3 is 11.7 Å². The van der Waals surface area contributed by atoms with Gasteiger partial charge in [0.15, 0.2) is 0 Å². The summed E-state index contributed by atoms with van der Waals surface area (Å²) in [6.07, 6.45) is 0. The molecule has 0 amide bonds. The average molecular weight is 210 g/mol. The van der Waals surface area contributed by atoms with E-state index in [1.54, 1.807) is 26.8 Å². The first-order valence-electron chi connectivity index (χ1n) is 4.72. The summed E-state index contributed by atoms with van der Waals surface area (Å²) in [7, 11) is 0. The standard InChI is InChI=1S/C10H14N2O3/c1-5(2)8(9(13)14)7-4-6(3)11-10(15)12-7/h4-5,8H,1-3H3,(H,13,14)(H,11,12,15). The zero-order chi connectivity index (χ0) is 11.6. The third kappa shape index (κ3) is 2.65. The number of carboxylic acids is 1. The van der Waals surface area contributed by atoms with E-state index in [1.165, 1.54) is 0 Å². The minimum atomic E-state index is -0.956. The van der Waals surface area contributed by atoms with Crippen molar-refractivity contribution in [3.05, 3.63) is 27.9 Å². The molecule has 0 bridgehead atoms. The van der Waals surface area contributed by atoms with Crippen molar-refractivity contribution in [1.29, 1.82) is 0 Å². The monoisotopic (exact) mass is 210 g/mol. The molecule has 0 saturated carbocycles. The lowest BCUT2D eigenvalue weighted by Crippen LogP contribution is -2.23. The molecular formula is C10H14N2O3. The molecule has 2 N–H and O–H groups in total. The number of rotatable bonds is 3. The van der Waals surface area contributed by atoms with Crippen molar-refractivity contribution in [2.24, 2.45) is 5.92 Å². The fourth-order valence-corrected chi connectivity index (χ4v) is 1.52. The normalized spacial score (nSPS) is 12.8. The van der Waals surface area contributed by atoms with Gasteiger partial charge in [-0.2, -0.15) is 4.98 Å². The molecule has 15 heavy (non-hydrogen) atoms. The number of aromatic amines is 1. The summed E-state index contributed by atoms with van der Waals surface area (Å²) >= 11 is 0. The number of hydrogen-bond donors (Lipinski definition) is 2. The van der Waals surface area contributed by atoms with Gasteiger partial charge in [-0.1, -0.05) is 13.8 Å². The molecule has 5 nitrogen and oxygen atoms in total. The second kappa shape index (κ2) is 4.25. The smallest absolute Gasteiger partial charge is 0.345 e. The molecule has 1 unspecified atom stereocenters. The van der Waals surface area contributed by atoms with Crippen molar-refractivity contribution in [1.82, 2.24) is 9.97 Å². The first-order chi connectivity index (χ1) is 6.91. The summed E-state index contributed by atoms with van der Waals surface area (Å²) in [5.41, 5.74) is 0.438. The van der Waals surface area contributed by atoms with Gasteiger partial charge in [0.2, 0.25) is 0 Å². The highest BCUT2D eigenvalue weighted by Crippen LogP contribution is 2.22. The molecule has 1 aromatic rings. The van der Waals surface area contributed by atoms with Gasteiger partial charge < -0.3 is 10.1 Å². The fourth-order valence-electron chi connectivity index (χ4n) is 1.52. The lowest BCUT2D eigenvalue weighted by molar-refractivity contribution is -0.140. The summed E-state index contributed by atoms with van der Waals surface area (Å²) in [6.45, 7) is 5.28. The Morgan fingerprint density at radius 1 is 1.53 bits per heavy atom. The third-order valence-corrected chi connectivity index (χ3v) is 2.15. The SMILES string of the molecule is Cc1cc(C(C(=O)O)C(C)C)nc(=O)[nH]1. The number of nitrogens with zero attached hydrogens (tertiary/aromatic N) is 1. The van der Waals surface area contributed by atoms with E-state index < -0.39 is 17.6 Å². The molecule has 0 aromatic carbocycles. The predicted molar refractivity (Wildman–Crippen MR) is 54.8 cm³/mol. The van der Waals surface area contributed by atoms with E-state index in [0.29, 0.717) is 11.4 Å². The largest absolute Gasteiger partial charge is 0.481 e. The van der Waals surface area contributed by atoms with Crippen LogP contribution in [0.25, 0.3) is 0 Å². The van der Waals surface area contributed by atoms with Crippen LogP contribution in [-0.4, -0.2) is 21.0 Å². The van der Waals surface area contributed by atoms with Crippen LogP contribution < -0.4 is 5.69 Å². The summed E-state index contributed by atoms with van der Waals surface area (Å²) < 4.78 is 0. The Balaban J connectivity index is 3.23. The zero-order valence-electron chi connectivity index (χ0n) is 8.94. The second-order valence-corrected chi connectivity index (χ2v) is 3.85. The molecule has 5 heteroatoms. The topological polar surface area (TPSA) is 83.0 Å². The van der Waals surface area contributed by atoms with E-state index in [1.807, 2.05) is 0 Å². The first-order valence-corrected chi connectivity index (χ1v) is 4.72. The predicted octanol–water partition coefficient (Wildman–Crippen LogP) is 0.903. The molecule has 0 aliphatic heterocycles. The van der Waals surface area contributed by atoms with Gasteiger partial charge in [0, 0.05) is 5.69 Å². The van der Waals surface area contributed by atoms with Gasteiger partial charge in [0.05, 0.1) is 5.69 Å². The molecule has 0 saturated heterocycles. The molecular weight excluding hydrogens is 196 g/mol. The Labute approximate surface area is 87.2 Å². The average Bonchev–Trinajstić information content (AvgIpc) is 1.99. The Morgan fingerprint density at radius 3 is 2.53 bits per heavy atom. The molecule has 0 radical (unpaired) electrons. The van der Waals surface area contributed by atoms with Crippen LogP contribution in [-0.2, 0) is 4.79 Å². The number of aliphatic carboxylic acids is 1. The fraction of sp³-hybridized carbons (Fsp3) is 0.500. The molecule has 1 rings (SSSR count). The first kappa shape index (κ1) is 11.4. The molecule has 1 heterocycles. The second-order valence-electron chi connectivity index (χ2n) is 3.85. The molecule has 0 spiro atoms. The number of nitrogens with one attached hydrogen (secondary N) is 1. The molecule has 0 fully saturated rings. The van der Waals surface area contributed by atoms with Gasteiger partial charge in [0.1, 0.15) is 5.92 Å². The maximum Gasteiger partial charge on any atom is 0.345 e. The Hall–Kier alpha value is -1.65. The summed E-state index contributed by atoms with van der Waals surface area (Å²) in [6, 6.07) is 1.60. The third-order valence-electron chi connectivity index (χ3n) is 2.15. The summed E-state index contributed by atoms with van der Waals surface area (Å²) in [5.74, 6) is -1.79. The molecule has 0 aliphatic rings. The van der Waals surface area contributed by atoms with E-state index in [2.05, 4.69) is 9.97 Å². The van der Waals surface area contributed by atoms with Crippen LogP contribution in [0.2, 0.25) is 0 Å². The Kier molecular flexibility index (Phi) is 3.24. The number of aromatic nitrogens is 2. The van der Waals surface area contributed by atoms with Crippen LogP contribution in [0.5, 0.6) is 0 Å². The van der Waals surface area contributed by atoms with Gasteiger partial charge in [-0.25, -0.2) is 4.79 Å². The van der Waals surface area contributed by atoms with Gasteiger partial charge in [-0.3, -0.25) is 4.79 Å². The molecule has 0 aliphatic carbocycles. The van der Waals surface area contributed by atoms with Crippen LogP contribution in [0, 0.1) is 12.8 Å². The lowest BCUT2D eigenvalue weighted by atomic mass is 9.92. The van der Waals surface area contributed by atoms with Crippen LogP contribution in [0.3, 0.4) is 0 Å². The van der Waals surface area contributed by atoms with Crippen LogP contribution >= 0.6 is 0 Å². The summed E-state index contributed by atoms with van der Waals surface area (Å²) in [5, 5.41) is 9.03. The van der Waals surface area contributed by atoms with Crippen LogP contribution in [0.4, 0.5) is 0 Å². The maximum absolute atomic E-state index is 11.1. The molecule has 82 valence electrons. The van der Waals surface area contributed by atoms with E-state index in [4.69, 9.17) is 5.11 Å². The van der Waals surface area contributed by atoms with Gasteiger partial charge in [-0.15, -0.1) is 0 Å². The Morgan fingerprint density at radius 2 is 2.13 bits per heavy atom. The quantitative estimate of drug-likeness (QED) is 0.776. The van der Waals surface area contributed by atoms with E-state index in [9.17, 15) is 9.59 Å². The van der Waals surface area contributed by atoms with Crippen molar-refractivity contribution in [2.75, 3.05) is 0 Å². The number of carbonyl (C=O) groups is 1. The van der Waals surface area contributed by atoms with Crippen molar-refractivity contribution in [3.8, 4) is 0 Å². The van der Waals surface area contributed by atoms with Gasteiger partial charge in [-0.05, 0) is 18.9 Å². The number of carboxylic acid groups (broad SMARTS) is 1. The number of aryl methyl sites for hydroxylation is 1. The van der Waals surface area contributed by atoms with E-state index in [-0.39, 0.29) is 5.92 Å². The minimum absolute atomic E-state index is 0.101. The maximum atomic E-state index is 11.1. The number of H-pyrrole nitrogens is 1. The van der Waals surface area contributed by atoms with Crippen molar-refractivity contribution < 1.29 is 9.90 Å². The highest BCUT2D eigenvalue weighted by molar-refractivity contribution is 5.75. The minimum Gasteiger partial charge on any atom is -0.481 e. The highest BCUT2D eigenvalue weighted by Gasteiger charge is 2.25. The Bertz CT molecular complexity index is 423. The highest BCUT2D eigenvalue weighted by atomic mass is 16.4.